The Balaban J connectivity index is 1.60. The average Bonchev–Trinajstić information content (AvgIpc) is 3.05. The molecule has 1 aromatic carbocycles. The van der Waals surface area contributed by atoms with Gasteiger partial charge in [-0.1, -0.05) is 17.7 Å². The molecule has 2 saturated heterocycles. The lowest BCUT2D eigenvalue weighted by molar-refractivity contribution is -0.0545. The quantitative estimate of drug-likeness (QED) is 0.923. The minimum absolute atomic E-state index is 0.165. The van der Waals surface area contributed by atoms with Gasteiger partial charge in [0.2, 0.25) is 5.95 Å². The fourth-order valence-corrected chi connectivity index (χ4v) is 3.73. The molecule has 0 bridgehead atoms. The van der Waals surface area contributed by atoms with Gasteiger partial charge in [0.15, 0.2) is 0 Å². The topological polar surface area (TPSA) is 56.3 Å². The molecule has 0 radical (unpaired) electrons. The summed E-state index contributed by atoms with van der Waals surface area (Å²) in [5.41, 5.74) is 7.82. The molecule has 0 saturated carbocycles. The zero-order valence-corrected chi connectivity index (χ0v) is 12.6. The number of hydrogen-bond acceptors (Lipinski definition) is 4. The molecule has 0 amide bonds. The number of rotatable bonds is 2. The molecule has 2 N–H and O–H groups in total. The minimum Gasteiger partial charge on any atom is -0.373 e. The molecule has 2 fully saturated rings. The van der Waals surface area contributed by atoms with Gasteiger partial charge >= 0.3 is 0 Å². The highest BCUT2D eigenvalue weighted by Crippen LogP contribution is 2.27. The first-order valence-electron chi connectivity index (χ1n) is 7.48. The first-order valence-corrected chi connectivity index (χ1v) is 7.86. The van der Waals surface area contributed by atoms with Crippen molar-refractivity contribution in [1.82, 2.24) is 14.5 Å². The molecular formula is C15H19ClN4O. The number of anilines is 1. The number of nitrogens with two attached hydrogens (primary N) is 1. The SMILES string of the molecule is Nc1nc2c(Cl)cccc2n1CC1CN2CCCC2CO1. The van der Waals surface area contributed by atoms with Crippen molar-refractivity contribution in [3.8, 4) is 0 Å². The Bertz CT molecular complexity index is 671. The summed E-state index contributed by atoms with van der Waals surface area (Å²) in [6, 6.07) is 6.40. The van der Waals surface area contributed by atoms with E-state index in [0.29, 0.717) is 17.0 Å². The van der Waals surface area contributed by atoms with E-state index in [4.69, 9.17) is 22.1 Å². The molecule has 2 unspecified atom stereocenters. The molecule has 0 spiro atoms. The lowest BCUT2D eigenvalue weighted by Gasteiger charge is -2.35. The third-order valence-corrected chi connectivity index (χ3v) is 4.91. The van der Waals surface area contributed by atoms with Crippen LogP contribution in [0, 0.1) is 0 Å². The number of morpholine rings is 1. The number of halogens is 1. The Morgan fingerprint density at radius 2 is 2.33 bits per heavy atom. The minimum atomic E-state index is 0.165. The molecule has 21 heavy (non-hydrogen) atoms. The molecule has 2 atom stereocenters. The van der Waals surface area contributed by atoms with Crippen molar-refractivity contribution in [3.63, 3.8) is 0 Å². The van der Waals surface area contributed by atoms with Gasteiger partial charge in [0.05, 0.1) is 29.8 Å². The number of nitrogens with zero attached hydrogens (tertiary/aromatic N) is 3. The fraction of sp³-hybridized carbons (Fsp3) is 0.533. The number of benzene rings is 1. The van der Waals surface area contributed by atoms with Gasteiger partial charge in [-0.3, -0.25) is 4.90 Å². The van der Waals surface area contributed by atoms with Crippen LogP contribution in [0.4, 0.5) is 5.95 Å². The number of aromatic nitrogens is 2. The summed E-state index contributed by atoms with van der Waals surface area (Å²) in [6.45, 7) is 3.73. The Morgan fingerprint density at radius 3 is 3.24 bits per heavy atom. The molecule has 0 aliphatic carbocycles. The van der Waals surface area contributed by atoms with Crippen molar-refractivity contribution < 1.29 is 4.74 Å². The molecule has 112 valence electrons. The van der Waals surface area contributed by atoms with Gasteiger partial charge in [0, 0.05) is 12.6 Å². The Hall–Kier alpha value is -1.30. The zero-order chi connectivity index (χ0) is 14.4. The van der Waals surface area contributed by atoms with E-state index in [1.807, 2.05) is 22.8 Å². The fourth-order valence-electron chi connectivity index (χ4n) is 3.52. The van der Waals surface area contributed by atoms with E-state index in [1.54, 1.807) is 0 Å². The number of nitrogen functional groups attached to an aromatic ring is 1. The van der Waals surface area contributed by atoms with Gasteiger partial charge in [-0.25, -0.2) is 4.98 Å². The summed E-state index contributed by atoms with van der Waals surface area (Å²) in [7, 11) is 0. The van der Waals surface area contributed by atoms with Crippen molar-refractivity contribution in [1.29, 1.82) is 0 Å². The van der Waals surface area contributed by atoms with Crippen LogP contribution in [0.25, 0.3) is 11.0 Å². The van der Waals surface area contributed by atoms with Crippen molar-refractivity contribution >= 4 is 28.6 Å². The van der Waals surface area contributed by atoms with Crippen LogP contribution in [-0.4, -0.2) is 46.3 Å². The highest BCUT2D eigenvalue weighted by molar-refractivity contribution is 6.35. The second-order valence-corrected chi connectivity index (χ2v) is 6.34. The first kappa shape index (κ1) is 13.4. The number of imidazole rings is 1. The monoisotopic (exact) mass is 306 g/mol. The maximum absolute atomic E-state index is 6.19. The molecular weight excluding hydrogens is 288 g/mol. The smallest absolute Gasteiger partial charge is 0.201 e. The number of hydrogen-bond donors (Lipinski definition) is 1. The number of para-hydroxylation sites is 1. The zero-order valence-electron chi connectivity index (χ0n) is 11.8. The van der Waals surface area contributed by atoms with Crippen molar-refractivity contribution in [2.24, 2.45) is 0 Å². The standard InChI is InChI=1S/C15H19ClN4O/c16-12-4-1-5-13-14(12)18-15(17)20(13)8-11-7-19-6-2-3-10(19)9-21-11/h1,4-5,10-11H,2-3,6-9H2,(H2,17,18). The molecule has 2 aliphatic rings. The van der Waals surface area contributed by atoms with Crippen molar-refractivity contribution in [3.05, 3.63) is 23.2 Å². The van der Waals surface area contributed by atoms with Crippen molar-refractivity contribution in [2.75, 3.05) is 25.4 Å². The normalized spacial score (nSPS) is 26.3. The second kappa shape index (κ2) is 5.16. The third kappa shape index (κ3) is 2.29. The van der Waals surface area contributed by atoms with E-state index >= 15 is 0 Å². The molecule has 2 aromatic rings. The Labute approximate surface area is 128 Å². The van der Waals surface area contributed by atoms with Crippen LogP contribution in [0.1, 0.15) is 12.8 Å². The third-order valence-electron chi connectivity index (χ3n) is 4.61. The van der Waals surface area contributed by atoms with Crippen LogP contribution in [0.3, 0.4) is 0 Å². The van der Waals surface area contributed by atoms with Gasteiger partial charge in [-0.05, 0) is 31.5 Å². The molecule has 5 nitrogen and oxygen atoms in total. The summed E-state index contributed by atoms with van der Waals surface area (Å²) in [4.78, 5) is 6.92. The van der Waals surface area contributed by atoms with E-state index in [9.17, 15) is 0 Å². The highest BCUT2D eigenvalue weighted by atomic mass is 35.5. The van der Waals surface area contributed by atoms with E-state index in [-0.39, 0.29) is 6.10 Å². The van der Waals surface area contributed by atoms with Gasteiger partial charge in [-0.2, -0.15) is 0 Å². The second-order valence-electron chi connectivity index (χ2n) is 5.93. The number of fused-ring (bicyclic) bond motifs is 2. The Kier molecular flexibility index (Phi) is 3.28. The predicted molar refractivity (Wildman–Crippen MR) is 83.5 cm³/mol. The van der Waals surface area contributed by atoms with Crippen LogP contribution < -0.4 is 5.73 Å². The lowest BCUT2D eigenvalue weighted by atomic mass is 10.2. The van der Waals surface area contributed by atoms with Crippen molar-refractivity contribution in [2.45, 2.75) is 31.5 Å². The molecule has 4 rings (SSSR count). The summed E-state index contributed by atoms with van der Waals surface area (Å²) < 4.78 is 8.04. The van der Waals surface area contributed by atoms with Crippen LogP contribution >= 0.6 is 11.6 Å². The maximum Gasteiger partial charge on any atom is 0.201 e. The maximum atomic E-state index is 6.19. The van der Waals surface area contributed by atoms with E-state index in [1.165, 1.54) is 19.4 Å². The van der Waals surface area contributed by atoms with E-state index < -0.39 is 0 Å². The van der Waals surface area contributed by atoms with Gasteiger partial charge in [0.1, 0.15) is 5.52 Å². The van der Waals surface area contributed by atoms with E-state index in [2.05, 4.69) is 9.88 Å². The summed E-state index contributed by atoms with van der Waals surface area (Å²) >= 11 is 6.19. The highest BCUT2D eigenvalue weighted by Gasteiger charge is 2.32. The molecule has 1 aromatic heterocycles. The van der Waals surface area contributed by atoms with Crippen LogP contribution in [0.5, 0.6) is 0 Å². The van der Waals surface area contributed by atoms with Crippen LogP contribution in [0.2, 0.25) is 5.02 Å². The Morgan fingerprint density at radius 1 is 1.43 bits per heavy atom. The molecule has 2 aliphatic heterocycles. The lowest BCUT2D eigenvalue weighted by Crippen LogP contribution is -2.47. The average molecular weight is 307 g/mol. The van der Waals surface area contributed by atoms with Gasteiger partial charge in [-0.15, -0.1) is 0 Å². The first-order chi connectivity index (χ1) is 10.2. The summed E-state index contributed by atoms with van der Waals surface area (Å²) in [5, 5.41) is 0.641. The molecule has 6 heteroatoms. The predicted octanol–water partition coefficient (Wildman–Crippen LogP) is 2.14. The van der Waals surface area contributed by atoms with Gasteiger partial charge in [0.25, 0.3) is 0 Å². The largest absolute Gasteiger partial charge is 0.373 e. The van der Waals surface area contributed by atoms with Crippen LogP contribution in [0.15, 0.2) is 18.2 Å². The summed E-state index contributed by atoms with van der Waals surface area (Å²) in [5.74, 6) is 0.505. The van der Waals surface area contributed by atoms with Crippen LogP contribution in [-0.2, 0) is 11.3 Å². The van der Waals surface area contributed by atoms with Gasteiger partial charge < -0.3 is 15.0 Å². The van der Waals surface area contributed by atoms with E-state index in [0.717, 1.165) is 30.7 Å². The summed E-state index contributed by atoms with van der Waals surface area (Å²) in [6.07, 6.45) is 2.71. The number of ether oxygens (including phenoxy) is 1. The molecule has 3 heterocycles.